The van der Waals surface area contributed by atoms with Crippen molar-refractivity contribution in [2.75, 3.05) is 71.0 Å². The van der Waals surface area contributed by atoms with E-state index in [0.29, 0.717) is 45.8 Å². The Kier molecular flexibility index (Phi) is 27.8. The molecule has 0 rings (SSSR count). The topological polar surface area (TPSA) is 119 Å². The van der Waals surface area contributed by atoms with E-state index in [2.05, 4.69) is 17.1 Å². The number of carbonyl (C=O) groups excluding carboxylic acids is 1. The lowest BCUT2D eigenvalue weighted by Crippen LogP contribution is -2.38. The summed E-state index contributed by atoms with van der Waals surface area (Å²) in [5.74, 6) is 0.0364. The first kappa shape index (κ1) is 38.0. The Bertz CT molecular complexity index is 598. The van der Waals surface area contributed by atoms with Crippen LogP contribution in [-0.4, -0.2) is 109 Å². The Morgan fingerprint density at radius 2 is 1.26 bits per heavy atom. The van der Waals surface area contributed by atoms with Crippen LogP contribution in [-0.2, 0) is 19.1 Å². The van der Waals surface area contributed by atoms with Gasteiger partial charge in [0.25, 0.3) is 0 Å². The van der Waals surface area contributed by atoms with Gasteiger partial charge in [-0.15, -0.1) is 0 Å². The molecule has 11 heteroatoms. The van der Waals surface area contributed by atoms with Gasteiger partial charge in [-0.05, 0) is 13.5 Å². The number of carbonyl (C=O) groups is 3. The lowest BCUT2D eigenvalue weighted by Gasteiger charge is -2.24. The fourth-order valence-corrected chi connectivity index (χ4v) is 5.85. The summed E-state index contributed by atoms with van der Waals surface area (Å²) in [6.07, 6.45) is 13.9. The number of unbranched alkanes of at least 4 members (excludes halogenated alkanes) is 9. The van der Waals surface area contributed by atoms with Crippen LogP contribution in [0.4, 0.5) is 0 Å². The summed E-state index contributed by atoms with van der Waals surface area (Å²) in [5, 5.41) is 21.0. The number of hydrogen-bond donors (Lipinski definition) is 3. The molecule has 3 N–H and O–H groups in total. The molecule has 0 saturated carbocycles. The normalized spacial score (nSPS) is 11.4. The number of aliphatic carboxylic acids is 2. The van der Waals surface area contributed by atoms with Crippen LogP contribution in [0.1, 0.15) is 90.4 Å². The third kappa shape index (κ3) is 29.8. The minimum absolute atomic E-state index is 0.00207. The largest absolute Gasteiger partial charge is 0.481 e. The first-order valence-electron chi connectivity index (χ1n) is 14.8. The van der Waals surface area contributed by atoms with Crippen molar-refractivity contribution in [1.29, 1.82) is 0 Å². The van der Waals surface area contributed by atoms with E-state index >= 15 is 0 Å². The highest BCUT2D eigenvalue weighted by Gasteiger charge is 2.11. The summed E-state index contributed by atoms with van der Waals surface area (Å²) in [6.45, 7) is 6.77. The Morgan fingerprint density at radius 3 is 1.85 bits per heavy atom. The van der Waals surface area contributed by atoms with E-state index in [0.717, 1.165) is 24.6 Å². The van der Waals surface area contributed by atoms with Crippen LogP contribution in [0.25, 0.3) is 0 Å². The van der Waals surface area contributed by atoms with Gasteiger partial charge in [0.1, 0.15) is 6.61 Å². The van der Waals surface area contributed by atoms with E-state index in [4.69, 9.17) is 14.9 Å². The predicted molar refractivity (Wildman–Crippen MR) is 164 cm³/mol. The SMILES string of the molecule is CCCCCCCCCCCCSSCCOC(=O)CCNCCN(C)CCN(CCC(=O)O)CCC(=O)O. The Labute approximate surface area is 244 Å². The van der Waals surface area contributed by atoms with E-state index in [1.807, 2.05) is 22.7 Å². The molecule has 0 bridgehead atoms. The van der Waals surface area contributed by atoms with Crippen molar-refractivity contribution in [3.63, 3.8) is 0 Å². The number of rotatable bonds is 30. The standard InChI is InChI=1S/C28H55N3O6S2/c1-3-4-5-6-7-8-9-10-11-12-24-38-39-25-23-37-28(36)13-16-29-17-20-30(2)21-22-31(18-14-26(32)33)19-15-27(34)35/h29H,3-25H2,1-2H3,(H,32,33)(H,34,35). The van der Waals surface area contributed by atoms with Gasteiger partial charge in [-0.3, -0.25) is 14.4 Å². The van der Waals surface area contributed by atoms with Crippen molar-refractivity contribution in [2.24, 2.45) is 0 Å². The number of hydrogen-bond acceptors (Lipinski definition) is 9. The molecule has 0 atom stereocenters. The molecule has 0 aromatic rings. The lowest BCUT2D eigenvalue weighted by atomic mass is 10.1. The molecule has 9 nitrogen and oxygen atoms in total. The van der Waals surface area contributed by atoms with E-state index in [9.17, 15) is 14.4 Å². The van der Waals surface area contributed by atoms with Crippen LogP contribution in [0.5, 0.6) is 0 Å². The molecular weight excluding hydrogens is 538 g/mol. The third-order valence-electron chi connectivity index (χ3n) is 6.35. The van der Waals surface area contributed by atoms with Crippen LogP contribution >= 0.6 is 21.6 Å². The van der Waals surface area contributed by atoms with Crippen molar-refractivity contribution in [3.05, 3.63) is 0 Å². The van der Waals surface area contributed by atoms with E-state index in [-0.39, 0.29) is 18.8 Å². The molecule has 0 aliphatic carbocycles. The number of likely N-dealkylation sites (N-methyl/N-ethyl adjacent to an activating group) is 1. The summed E-state index contributed by atoms with van der Waals surface area (Å²) < 4.78 is 5.31. The highest BCUT2D eigenvalue weighted by atomic mass is 33.1. The maximum Gasteiger partial charge on any atom is 0.307 e. The van der Waals surface area contributed by atoms with Gasteiger partial charge < -0.3 is 30.1 Å². The Hall–Kier alpha value is -1.01. The molecule has 0 saturated heterocycles. The van der Waals surface area contributed by atoms with Gasteiger partial charge in [-0.25, -0.2) is 0 Å². The molecule has 0 aromatic carbocycles. The average Bonchev–Trinajstić information content (AvgIpc) is 2.90. The van der Waals surface area contributed by atoms with Crippen LogP contribution in [0, 0.1) is 0 Å². The summed E-state index contributed by atoms with van der Waals surface area (Å²) in [4.78, 5) is 37.5. The predicted octanol–water partition coefficient (Wildman–Crippen LogP) is 4.99. The van der Waals surface area contributed by atoms with Gasteiger partial charge in [-0.2, -0.15) is 0 Å². The summed E-state index contributed by atoms with van der Waals surface area (Å²) in [7, 11) is 5.62. The molecular formula is C28H55N3O6S2. The molecule has 0 heterocycles. The van der Waals surface area contributed by atoms with Gasteiger partial charge in [0, 0.05) is 57.3 Å². The fourth-order valence-electron chi connectivity index (χ4n) is 3.88. The second-order valence-electron chi connectivity index (χ2n) is 9.98. The number of carboxylic acid groups (broad SMARTS) is 2. The van der Waals surface area contributed by atoms with Crippen molar-refractivity contribution in [3.8, 4) is 0 Å². The van der Waals surface area contributed by atoms with E-state index in [1.165, 1.54) is 64.2 Å². The van der Waals surface area contributed by atoms with E-state index < -0.39 is 11.9 Å². The lowest BCUT2D eigenvalue weighted by molar-refractivity contribution is -0.143. The molecule has 0 aliphatic rings. The van der Waals surface area contributed by atoms with Crippen LogP contribution < -0.4 is 5.32 Å². The highest BCUT2D eigenvalue weighted by molar-refractivity contribution is 8.76. The monoisotopic (exact) mass is 593 g/mol. The molecule has 0 aromatic heterocycles. The number of ether oxygens (including phenoxy) is 1. The quantitative estimate of drug-likeness (QED) is 0.0593. The maximum absolute atomic E-state index is 11.9. The van der Waals surface area contributed by atoms with Gasteiger partial charge in [0.05, 0.1) is 19.3 Å². The van der Waals surface area contributed by atoms with Crippen molar-refractivity contribution >= 4 is 39.5 Å². The third-order valence-corrected chi connectivity index (χ3v) is 8.81. The Balaban J connectivity index is 3.55. The fraction of sp³-hybridized carbons (Fsp3) is 0.893. The van der Waals surface area contributed by atoms with Crippen molar-refractivity contribution in [1.82, 2.24) is 15.1 Å². The number of nitrogens with one attached hydrogen (secondary N) is 1. The molecule has 0 radical (unpaired) electrons. The molecule has 0 fully saturated rings. The Morgan fingerprint density at radius 1 is 0.692 bits per heavy atom. The number of carboxylic acids is 2. The number of nitrogens with zero attached hydrogens (tertiary/aromatic N) is 2. The second kappa shape index (κ2) is 28.5. The first-order valence-corrected chi connectivity index (χ1v) is 17.3. The smallest absolute Gasteiger partial charge is 0.307 e. The van der Waals surface area contributed by atoms with Crippen LogP contribution in [0.3, 0.4) is 0 Å². The highest BCUT2D eigenvalue weighted by Crippen LogP contribution is 2.23. The molecule has 0 unspecified atom stereocenters. The zero-order chi connectivity index (χ0) is 29.0. The minimum atomic E-state index is -0.886. The number of esters is 1. The van der Waals surface area contributed by atoms with E-state index in [1.54, 1.807) is 10.8 Å². The average molecular weight is 594 g/mol. The van der Waals surface area contributed by atoms with Gasteiger partial charge in [-0.1, -0.05) is 86.3 Å². The van der Waals surface area contributed by atoms with Crippen LogP contribution in [0.15, 0.2) is 0 Å². The second-order valence-corrected chi connectivity index (χ2v) is 12.7. The van der Waals surface area contributed by atoms with Crippen molar-refractivity contribution in [2.45, 2.75) is 90.4 Å². The van der Waals surface area contributed by atoms with Crippen LogP contribution in [0.2, 0.25) is 0 Å². The zero-order valence-corrected chi connectivity index (χ0v) is 26.1. The summed E-state index contributed by atoms with van der Waals surface area (Å²) in [6, 6.07) is 0. The molecule has 0 spiro atoms. The molecule has 0 aliphatic heterocycles. The minimum Gasteiger partial charge on any atom is -0.481 e. The van der Waals surface area contributed by atoms with Gasteiger partial charge in [0.15, 0.2) is 0 Å². The molecule has 39 heavy (non-hydrogen) atoms. The zero-order valence-electron chi connectivity index (χ0n) is 24.5. The molecule has 230 valence electrons. The summed E-state index contributed by atoms with van der Waals surface area (Å²) in [5.41, 5.74) is 0. The van der Waals surface area contributed by atoms with Gasteiger partial charge >= 0.3 is 17.9 Å². The van der Waals surface area contributed by atoms with Crippen molar-refractivity contribution < 1.29 is 29.3 Å². The summed E-state index contributed by atoms with van der Waals surface area (Å²) >= 11 is 0. The molecule has 0 amide bonds. The maximum atomic E-state index is 11.9. The first-order chi connectivity index (χ1) is 18.8. The van der Waals surface area contributed by atoms with Gasteiger partial charge in [0.2, 0.25) is 0 Å².